The van der Waals surface area contributed by atoms with E-state index in [1.807, 2.05) is 4.90 Å². The molecular formula is C9H14N4O4S2. The van der Waals surface area contributed by atoms with Crippen LogP contribution in [0.15, 0.2) is 0 Å². The van der Waals surface area contributed by atoms with Crippen molar-refractivity contribution in [2.75, 3.05) is 24.6 Å². The lowest BCUT2D eigenvalue weighted by Gasteiger charge is -2.33. The summed E-state index contributed by atoms with van der Waals surface area (Å²) in [6.07, 6.45) is 0. The third-order valence-corrected chi connectivity index (χ3v) is 6.89. The molecule has 0 radical (unpaired) electrons. The lowest BCUT2D eigenvalue weighted by Crippen LogP contribution is -2.50. The standard InChI is InChI=1S/C9H13N3O3S2.HNO/c10-7(13)5-3-16-9-11(5)1-2-12(9)6(4-17-9)8(14)15;1-2/h5-6H,1-4H2,(H2,10,13)(H,14,15);1H. The van der Waals surface area contributed by atoms with Crippen molar-refractivity contribution in [1.82, 2.24) is 9.80 Å². The van der Waals surface area contributed by atoms with Crippen molar-refractivity contribution < 1.29 is 14.7 Å². The van der Waals surface area contributed by atoms with Crippen LogP contribution >= 0.6 is 23.5 Å². The van der Waals surface area contributed by atoms with Gasteiger partial charge in [-0.3, -0.25) is 19.4 Å². The van der Waals surface area contributed by atoms with Crippen LogP contribution in [-0.4, -0.2) is 67.8 Å². The minimum absolute atomic E-state index is 0.259. The molecule has 3 rings (SSSR count). The van der Waals surface area contributed by atoms with Crippen molar-refractivity contribution in [2.24, 2.45) is 5.73 Å². The average Bonchev–Trinajstić information content (AvgIpc) is 2.98. The highest BCUT2D eigenvalue weighted by atomic mass is 32.2. The smallest absolute Gasteiger partial charge is 0.321 e. The zero-order valence-corrected chi connectivity index (χ0v) is 11.6. The molecular weight excluding hydrogens is 292 g/mol. The van der Waals surface area contributed by atoms with Crippen molar-refractivity contribution in [2.45, 2.75) is 16.4 Å². The molecule has 0 bridgehead atoms. The van der Waals surface area contributed by atoms with E-state index in [9.17, 15) is 14.7 Å². The predicted octanol–water partition coefficient (Wildman–Crippen LogP) is -0.652. The fourth-order valence-electron chi connectivity index (χ4n) is 2.74. The Balaban J connectivity index is 0.000000637. The summed E-state index contributed by atoms with van der Waals surface area (Å²) in [5, 5.41) is 9.18. The molecule has 3 heterocycles. The molecule has 3 atom stereocenters. The van der Waals surface area contributed by atoms with Crippen molar-refractivity contribution in [3.63, 3.8) is 0 Å². The number of nitroso groups, excluding NO2 is 1. The highest BCUT2D eigenvalue weighted by Crippen LogP contribution is 2.57. The summed E-state index contributed by atoms with van der Waals surface area (Å²) < 4.78 is -0.358. The fourth-order valence-corrected chi connectivity index (χ4v) is 6.43. The number of rotatable bonds is 2. The second kappa shape index (κ2) is 5.27. The minimum atomic E-state index is -0.778. The number of hydrogen-bond donors (Lipinski definition) is 3. The van der Waals surface area contributed by atoms with E-state index in [0.717, 1.165) is 6.54 Å². The second-order valence-corrected chi connectivity index (χ2v) is 6.97. The molecule has 3 aliphatic rings. The topological polar surface area (TPSA) is 128 Å². The normalized spacial score (nSPS) is 37.3. The molecule has 106 valence electrons. The van der Waals surface area contributed by atoms with E-state index in [0.29, 0.717) is 18.1 Å². The highest BCUT2D eigenvalue weighted by molar-refractivity contribution is 8.18. The highest BCUT2D eigenvalue weighted by Gasteiger charge is 2.63. The molecule has 1 amide bonds. The van der Waals surface area contributed by atoms with Gasteiger partial charge in [0.15, 0.2) is 4.33 Å². The van der Waals surface area contributed by atoms with Gasteiger partial charge in [-0.05, 0) is 0 Å². The third-order valence-electron chi connectivity index (χ3n) is 3.53. The van der Waals surface area contributed by atoms with Gasteiger partial charge in [-0.15, -0.1) is 23.5 Å². The number of thioether (sulfide) groups is 2. The number of carboxylic acid groups (broad SMARTS) is 1. The van der Waals surface area contributed by atoms with Crippen LogP contribution < -0.4 is 5.73 Å². The number of nitrogens with one attached hydrogen (secondary N) is 1. The van der Waals surface area contributed by atoms with Crippen LogP contribution in [0.25, 0.3) is 0 Å². The molecule has 0 saturated carbocycles. The number of carbonyl (C=O) groups excluding carboxylic acids is 1. The van der Waals surface area contributed by atoms with Gasteiger partial charge < -0.3 is 10.8 Å². The monoisotopic (exact) mass is 306 g/mol. The number of nitrogens with two attached hydrogens (primary N) is 1. The molecule has 0 aromatic heterocycles. The summed E-state index contributed by atoms with van der Waals surface area (Å²) in [5.74, 6) is 0.144. The lowest BCUT2D eigenvalue weighted by atomic mass is 10.3. The number of carbonyl (C=O) groups is 2. The zero-order valence-electron chi connectivity index (χ0n) is 9.94. The van der Waals surface area contributed by atoms with E-state index in [4.69, 9.17) is 10.6 Å². The van der Waals surface area contributed by atoms with Gasteiger partial charge in [0.25, 0.3) is 0 Å². The number of hydrogen-bond acceptors (Lipinski definition) is 8. The Bertz CT molecular complexity index is 374. The Morgan fingerprint density at radius 1 is 1.16 bits per heavy atom. The minimum Gasteiger partial charge on any atom is -0.480 e. The third kappa shape index (κ3) is 2.02. The molecule has 0 aromatic rings. The van der Waals surface area contributed by atoms with Gasteiger partial charge in [0, 0.05) is 24.6 Å². The van der Waals surface area contributed by atoms with E-state index < -0.39 is 12.0 Å². The first kappa shape index (κ1) is 14.6. The zero-order chi connectivity index (χ0) is 14.2. The number of primary amides is 1. The van der Waals surface area contributed by atoms with Crippen molar-refractivity contribution >= 4 is 35.4 Å². The molecule has 3 saturated heterocycles. The number of aliphatic carboxylic acids is 1. The Kier molecular flexibility index (Phi) is 4.04. The summed E-state index contributed by atoms with van der Waals surface area (Å²) in [6, 6.07) is -0.700. The van der Waals surface area contributed by atoms with Crippen molar-refractivity contribution in [3.8, 4) is 0 Å². The first-order chi connectivity index (χ1) is 9.06. The quantitative estimate of drug-likeness (QED) is 0.574. The Labute approximate surface area is 117 Å². The largest absolute Gasteiger partial charge is 0.480 e. The summed E-state index contributed by atoms with van der Waals surface area (Å²) in [5.41, 5.74) is 9.89. The maximum Gasteiger partial charge on any atom is 0.321 e. The Hall–Kier alpha value is -0.840. The van der Waals surface area contributed by atoms with Crippen LogP contribution in [0.2, 0.25) is 0 Å². The fraction of sp³-hybridized carbons (Fsp3) is 0.778. The van der Waals surface area contributed by atoms with Crippen molar-refractivity contribution in [1.29, 1.82) is 5.59 Å². The van der Waals surface area contributed by atoms with E-state index in [-0.39, 0.29) is 16.3 Å². The molecule has 3 fully saturated rings. The van der Waals surface area contributed by atoms with Crippen LogP contribution in [0.3, 0.4) is 0 Å². The van der Waals surface area contributed by atoms with E-state index >= 15 is 0 Å². The second-order valence-electron chi connectivity index (χ2n) is 4.33. The Morgan fingerprint density at radius 2 is 1.63 bits per heavy atom. The van der Waals surface area contributed by atoms with Gasteiger partial charge >= 0.3 is 5.97 Å². The van der Waals surface area contributed by atoms with Crippen molar-refractivity contribution in [3.05, 3.63) is 4.91 Å². The molecule has 0 aliphatic carbocycles. The maximum atomic E-state index is 11.4. The molecule has 4 N–H and O–H groups in total. The van der Waals surface area contributed by atoms with Gasteiger partial charge in [0.1, 0.15) is 12.1 Å². The SMILES string of the molecule is N=O.NC(=O)C1CSC23SCC(C(=O)O)N2CCN13. The van der Waals surface area contributed by atoms with E-state index in [2.05, 4.69) is 10.5 Å². The first-order valence-corrected chi connectivity index (χ1v) is 7.57. The molecule has 8 nitrogen and oxygen atoms in total. The first-order valence-electron chi connectivity index (χ1n) is 5.60. The van der Waals surface area contributed by atoms with Crippen LogP contribution in [0.5, 0.6) is 0 Å². The van der Waals surface area contributed by atoms with Gasteiger partial charge in [-0.25, -0.2) is 0 Å². The maximum absolute atomic E-state index is 11.4. The molecule has 1 spiro atoms. The van der Waals surface area contributed by atoms with Crippen LogP contribution in [0.4, 0.5) is 0 Å². The van der Waals surface area contributed by atoms with E-state index in [1.54, 1.807) is 23.5 Å². The number of amides is 1. The molecule has 10 heteroatoms. The van der Waals surface area contributed by atoms with Gasteiger partial charge in [-0.1, -0.05) is 5.59 Å². The lowest BCUT2D eigenvalue weighted by molar-refractivity contribution is -0.142. The molecule has 0 aromatic carbocycles. The predicted molar refractivity (Wildman–Crippen MR) is 71.6 cm³/mol. The summed E-state index contributed by atoms with van der Waals surface area (Å²) in [6.45, 7) is 1.41. The van der Waals surface area contributed by atoms with Crippen LogP contribution in [-0.2, 0) is 9.59 Å². The van der Waals surface area contributed by atoms with Gasteiger partial charge in [0.05, 0.1) is 0 Å². The Morgan fingerprint density at radius 3 is 2.11 bits per heavy atom. The molecule has 3 aliphatic heterocycles. The summed E-state index contributed by atoms with van der Waals surface area (Å²) >= 11 is 3.25. The average molecular weight is 306 g/mol. The van der Waals surface area contributed by atoms with Crippen LogP contribution in [0, 0.1) is 10.5 Å². The van der Waals surface area contributed by atoms with E-state index in [1.165, 1.54) is 0 Å². The molecule has 19 heavy (non-hydrogen) atoms. The number of carboxylic acids is 1. The summed E-state index contributed by atoms with van der Waals surface area (Å²) in [7, 11) is 0. The summed E-state index contributed by atoms with van der Waals surface area (Å²) in [4.78, 5) is 34.1. The van der Waals surface area contributed by atoms with Gasteiger partial charge in [0.2, 0.25) is 5.91 Å². The van der Waals surface area contributed by atoms with Crippen LogP contribution in [0.1, 0.15) is 0 Å². The number of nitrogens with zero attached hydrogens (tertiary/aromatic N) is 2. The molecule has 3 unspecified atom stereocenters. The van der Waals surface area contributed by atoms with Gasteiger partial charge in [-0.2, -0.15) is 4.91 Å².